The van der Waals surface area contributed by atoms with E-state index < -0.39 is 0 Å². The molecule has 3 aromatic rings. The van der Waals surface area contributed by atoms with Gasteiger partial charge in [0.2, 0.25) is 0 Å². The Bertz CT molecular complexity index is 837. The molecule has 1 fully saturated rings. The second kappa shape index (κ2) is 6.68. The van der Waals surface area contributed by atoms with Gasteiger partial charge in [-0.05, 0) is 43.3 Å². The van der Waals surface area contributed by atoms with Crippen LogP contribution in [0.1, 0.15) is 23.3 Å². The first kappa shape index (κ1) is 15.8. The molecule has 6 nitrogen and oxygen atoms in total. The van der Waals surface area contributed by atoms with Gasteiger partial charge in [-0.15, -0.1) is 5.10 Å². The largest absolute Gasteiger partial charge is 0.487 e. The fourth-order valence-electron chi connectivity index (χ4n) is 2.88. The lowest BCUT2D eigenvalue weighted by Gasteiger charge is -2.38. The van der Waals surface area contributed by atoms with Gasteiger partial charge < -0.3 is 9.15 Å². The number of furan rings is 1. The fraction of sp³-hybridized carbons (Fsp3) is 0.333. The summed E-state index contributed by atoms with van der Waals surface area (Å²) in [5.74, 6) is 2.26. The van der Waals surface area contributed by atoms with E-state index in [0.29, 0.717) is 18.4 Å². The Balaban J connectivity index is 1.26. The normalized spacial score (nSPS) is 15.3. The molecule has 0 radical (unpaired) electrons. The molecular formula is C18H19FN4O2. The number of hydrogen-bond acceptors (Lipinski definition) is 5. The third-order valence-corrected chi connectivity index (χ3v) is 4.25. The zero-order valence-corrected chi connectivity index (χ0v) is 13.9. The van der Waals surface area contributed by atoms with E-state index in [1.807, 2.05) is 29.9 Å². The Kier molecular flexibility index (Phi) is 4.23. The van der Waals surface area contributed by atoms with Crippen LogP contribution in [0.4, 0.5) is 4.39 Å². The number of ether oxygens (including phenoxy) is 1. The molecular weight excluding hydrogens is 323 g/mol. The van der Waals surface area contributed by atoms with Crippen LogP contribution in [0.5, 0.6) is 5.75 Å². The minimum Gasteiger partial charge on any atom is -0.487 e. The molecule has 3 heterocycles. The molecule has 0 atom stereocenters. The van der Waals surface area contributed by atoms with Gasteiger partial charge in [-0.3, -0.25) is 4.90 Å². The maximum atomic E-state index is 12.9. The zero-order valence-electron chi connectivity index (χ0n) is 13.9. The van der Waals surface area contributed by atoms with Crippen LogP contribution in [-0.4, -0.2) is 33.0 Å². The van der Waals surface area contributed by atoms with Crippen molar-refractivity contribution in [2.24, 2.45) is 0 Å². The summed E-state index contributed by atoms with van der Waals surface area (Å²) in [4.78, 5) is 2.30. The summed E-state index contributed by atoms with van der Waals surface area (Å²) in [7, 11) is 0. The van der Waals surface area contributed by atoms with Gasteiger partial charge in [0.1, 0.15) is 35.4 Å². The van der Waals surface area contributed by atoms with Gasteiger partial charge in [-0.2, -0.15) is 0 Å². The lowest BCUT2D eigenvalue weighted by Crippen LogP contribution is -2.47. The first-order valence-electron chi connectivity index (χ1n) is 8.22. The molecule has 0 spiro atoms. The number of halogens is 1. The highest BCUT2D eigenvalue weighted by atomic mass is 19.1. The Labute approximate surface area is 144 Å². The maximum Gasteiger partial charge on any atom is 0.134 e. The van der Waals surface area contributed by atoms with Crippen LogP contribution in [0.15, 0.2) is 47.0 Å². The fourth-order valence-corrected chi connectivity index (χ4v) is 2.88. The van der Waals surface area contributed by atoms with Crippen molar-refractivity contribution < 1.29 is 13.5 Å². The first-order valence-corrected chi connectivity index (χ1v) is 8.22. The average Bonchev–Trinajstić information content (AvgIpc) is 3.19. The lowest BCUT2D eigenvalue weighted by atomic mass is 10.1. The summed E-state index contributed by atoms with van der Waals surface area (Å²) in [6.45, 7) is 4.92. The number of rotatable bonds is 6. The Morgan fingerprint density at radius 1 is 1.20 bits per heavy atom. The standard InChI is InChI=1S/C18H19FN4O2/c1-13-2-5-18(25-13)11-22-9-16(10-22)23-8-15(20-21-23)12-24-17-6-3-14(19)4-7-17/h2-8,16H,9-12H2,1H3. The maximum absolute atomic E-state index is 12.9. The summed E-state index contributed by atoms with van der Waals surface area (Å²) < 4.78 is 25.9. The van der Waals surface area contributed by atoms with Gasteiger partial charge in [0.25, 0.3) is 0 Å². The van der Waals surface area contributed by atoms with E-state index in [4.69, 9.17) is 9.15 Å². The van der Waals surface area contributed by atoms with Crippen LogP contribution in [0, 0.1) is 12.7 Å². The van der Waals surface area contributed by atoms with E-state index in [-0.39, 0.29) is 5.82 Å². The van der Waals surface area contributed by atoms with Crippen molar-refractivity contribution in [2.75, 3.05) is 13.1 Å². The molecule has 4 rings (SSSR count). The van der Waals surface area contributed by atoms with Crippen molar-refractivity contribution in [1.29, 1.82) is 0 Å². The Morgan fingerprint density at radius 3 is 2.72 bits per heavy atom. The van der Waals surface area contributed by atoms with Gasteiger partial charge in [-0.25, -0.2) is 9.07 Å². The van der Waals surface area contributed by atoms with E-state index in [9.17, 15) is 4.39 Å². The summed E-state index contributed by atoms with van der Waals surface area (Å²) in [6, 6.07) is 10.3. The van der Waals surface area contributed by atoms with E-state index in [1.165, 1.54) is 12.1 Å². The van der Waals surface area contributed by atoms with Gasteiger partial charge in [0.05, 0.1) is 18.8 Å². The Hall–Kier alpha value is -2.67. The van der Waals surface area contributed by atoms with E-state index in [1.54, 1.807) is 12.1 Å². The SMILES string of the molecule is Cc1ccc(CN2CC(n3cc(COc4ccc(F)cc4)nn3)C2)o1. The van der Waals surface area contributed by atoms with Crippen LogP contribution in [-0.2, 0) is 13.2 Å². The molecule has 2 aromatic heterocycles. The molecule has 0 bridgehead atoms. The number of nitrogens with zero attached hydrogens (tertiary/aromatic N) is 4. The van der Waals surface area contributed by atoms with Crippen LogP contribution >= 0.6 is 0 Å². The van der Waals surface area contributed by atoms with Crippen molar-refractivity contribution >= 4 is 0 Å². The third-order valence-electron chi connectivity index (χ3n) is 4.25. The molecule has 1 aromatic carbocycles. The average molecular weight is 342 g/mol. The first-order chi connectivity index (χ1) is 12.2. The van der Waals surface area contributed by atoms with Gasteiger partial charge in [0, 0.05) is 13.1 Å². The molecule has 0 aliphatic carbocycles. The topological polar surface area (TPSA) is 56.3 Å². The quantitative estimate of drug-likeness (QED) is 0.689. The van der Waals surface area contributed by atoms with Crippen molar-refractivity contribution in [3.8, 4) is 5.75 Å². The molecule has 7 heteroatoms. The van der Waals surface area contributed by atoms with Crippen molar-refractivity contribution in [2.45, 2.75) is 26.1 Å². The van der Waals surface area contributed by atoms with Crippen molar-refractivity contribution in [3.05, 3.63) is 65.6 Å². The summed E-state index contributed by atoms with van der Waals surface area (Å²) in [5, 5.41) is 8.33. The number of likely N-dealkylation sites (tertiary alicyclic amines) is 1. The summed E-state index contributed by atoms with van der Waals surface area (Å²) >= 11 is 0. The minimum absolute atomic E-state index is 0.280. The molecule has 0 N–H and O–H groups in total. The highest BCUT2D eigenvalue weighted by Gasteiger charge is 2.29. The monoisotopic (exact) mass is 342 g/mol. The number of aromatic nitrogens is 3. The van der Waals surface area contributed by atoms with Gasteiger partial charge >= 0.3 is 0 Å². The van der Waals surface area contributed by atoms with Crippen molar-refractivity contribution in [3.63, 3.8) is 0 Å². The van der Waals surface area contributed by atoms with Crippen LogP contribution in [0.3, 0.4) is 0 Å². The second-order valence-electron chi connectivity index (χ2n) is 6.29. The lowest BCUT2D eigenvalue weighted by molar-refractivity contribution is 0.0819. The van der Waals surface area contributed by atoms with Crippen molar-refractivity contribution in [1.82, 2.24) is 19.9 Å². The molecule has 130 valence electrons. The molecule has 1 aliphatic rings. The van der Waals surface area contributed by atoms with E-state index in [2.05, 4.69) is 15.2 Å². The molecule has 0 amide bonds. The van der Waals surface area contributed by atoms with E-state index in [0.717, 1.165) is 36.8 Å². The number of aryl methyl sites for hydroxylation is 1. The summed E-state index contributed by atoms with van der Waals surface area (Å²) in [5.41, 5.74) is 0.754. The molecule has 1 saturated heterocycles. The minimum atomic E-state index is -0.280. The van der Waals surface area contributed by atoms with Gasteiger partial charge in [-0.1, -0.05) is 5.21 Å². The number of hydrogen-bond donors (Lipinski definition) is 0. The Morgan fingerprint density at radius 2 is 2.00 bits per heavy atom. The van der Waals surface area contributed by atoms with Crippen LogP contribution < -0.4 is 4.74 Å². The highest BCUT2D eigenvalue weighted by molar-refractivity contribution is 5.22. The predicted octanol–water partition coefficient (Wildman–Crippen LogP) is 2.95. The predicted molar refractivity (Wildman–Crippen MR) is 88.5 cm³/mol. The molecule has 1 aliphatic heterocycles. The molecule has 0 unspecified atom stereocenters. The highest BCUT2D eigenvalue weighted by Crippen LogP contribution is 2.23. The second-order valence-corrected chi connectivity index (χ2v) is 6.29. The third kappa shape index (κ3) is 3.71. The zero-order chi connectivity index (χ0) is 17.2. The smallest absolute Gasteiger partial charge is 0.134 e. The summed E-state index contributed by atoms with van der Waals surface area (Å²) in [6.07, 6.45) is 1.91. The van der Waals surface area contributed by atoms with Crippen LogP contribution in [0.25, 0.3) is 0 Å². The molecule has 25 heavy (non-hydrogen) atoms. The van der Waals surface area contributed by atoms with Crippen LogP contribution in [0.2, 0.25) is 0 Å². The van der Waals surface area contributed by atoms with E-state index >= 15 is 0 Å². The van der Waals surface area contributed by atoms with Gasteiger partial charge in [0.15, 0.2) is 0 Å². The molecule has 0 saturated carbocycles. The number of benzene rings is 1.